The molecular weight excluding hydrogens is 232 g/mol. The highest BCUT2D eigenvalue weighted by Gasteiger charge is 2.12. The van der Waals surface area contributed by atoms with E-state index in [9.17, 15) is 0 Å². The van der Waals surface area contributed by atoms with E-state index < -0.39 is 0 Å². The van der Waals surface area contributed by atoms with Gasteiger partial charge in [-0.1, -0.05) is 11.6 Å². The fourth-order valence-electron chi connectivity index (χ4n) is 1.35. The Bertz CT molecular complexity index is 464. The predicted molar refractivity (Wildman–Crippen MR) is 62.3 cm³/mol. The van der Waals surface area contributed by atoms with Gasteiger partial charge in [0.1, 0.15) is 11.5 Å². The molecule has 15 heavy (non-hydrogen) atoms. The van der Waals surface area contributed by atoms with Crippen molar-refractivity contribution in [1.29, 1.82) is 0 Å². The molecule has 0 radical (unpaired) electrons. The molecular formula is C10H11ClN2OS. The lowest BCUT2D eigenvalue weighted by Crippen LogP contribution is -2.02. The summed E-state index contributed by atoms with van der Waals surface area (Å²) >= 11 is 7.37. The molecule has 0 fully saturated rings. The summed E-state index contributed by atoms with van der Waals surface area (Å²) in [4.78, 5) is 5.42. The summed E-state index contributed by atoms with van der Waals surface area (Å²) in [6, 6.07) is 3.81. The van der Waals surface area contributed by atoms with E-state index in [2.05, 4.69) is 4.98 Å². The lowest BCUT2D eigenvalue weighted by atomic mass is 10.3. The van der Waals surface area contributed by atoms with E-state index in [0.29, 0.717) is 18.9 Å². The molecule has 2 aromatic rings. The zero-order chi connectivity index (χ0) is 10.8. The number of hydrogen-bond donors (Lipinski definition) is 1. The number of aromatic nitrogens is 1. The standard InChI is InChI=1S/C10H11ClN2OS/c1-6-10(7-2-3-8(11)15-7)13-9(14-6)4-5-12/h2-3H,4-5,12H2,1H3. The average Bonchev–Trinajstić information content (AvgIpc) is 2.73. The van der Waals surface area contributed by atoms with Crippen molar-refractivity contribution in [3.63, 3.8) is 0 Å². The summed E-state index contributed by atoms with van der Waals surface area (Å²) in [5.41, 5.74) is 6.31. The van der Waals surface area contributed by atoms with Crippen LogP contribution in [0.3, 0.4) is 0 Å². The molecule has 0 saturated carbocycles. The Morgan fingerprint density at radius 2 is 2.33 bits per heavy atom. The zero-order valence-electron chi connectivity index (χ0n) is 8.29. The molecule has 0 aliphatic heterocycles. The van der Waals surface area contributed by atoms with Gasteiger partial charge in [-0.2, -0.15) is 0 Å². The van der Waals surface area contributed by atoms with Crippen molar-refractivity contribution in [1.82, 2.24) is 4.98 Å². The number of hydrogen-bond acceptors (Lipinski definition) is 4. The quantitative estimate of drug-likeness (QED) is 0.901. The first kappa shape index (κ1) is 10.7. The van der Waals surface area contributed by atoms with Gasteiger partial charge < -0.3 is 10.2 Å². The fraction of sp³-hybridized carbons (Fsp3) is 0.300. The Kier molecular flexibility index (Phi) is 3.09. The highest BCUT2D eigenvalue weighted by atomic mass is 35.5. The second-order valence-electron chi connectivity index (χ2n) is 3.15. The highest BCUT2D eigenvalue weighted by Crippen LogP contribution is 2.32. The Morgan fingerprint density at radius 1 is 1.53 bits per heavy atom. The topological polar surface area (TPSA) is 52.0 Å². The van der Waals surface area contributed by atoms with Gasteiger partial charge in [0.05, 0.1) is 9.21 Å². The number of nitrogens with zero attached hydrogens (tertiary/aromatic N) is 1. The maximum atomic E-state index is 5.87. The van der Waals surface area contributed by atoms with Crippen LogP contribution in [-0.2, 0) is 6.42 Å². The zero-order valence-corrected chi connectivity index (χ0v) is 9.86. The molecule has 0 saturated heterocycles. The third kappa shape index (κ3) is 2.22. The number of aryl methyl sites for hydroxylation is 1. The van der Waals surface area contributed by atoms with Crippen molar-refractivity contribution >= 4 is 22.9 Å². The van der Waals surface area contributed by atoms with E-state index >= 15 is 0 Å². The van der Waals surface area contributed by atoms with Crippen LogP contribution < -0.4 is 5.73 Å². The van der Waals surface area contributed by atoms with Gasteiger partial charge in [-0.3, -0.25) is 0 Å². The molecule has 0 amide bonds. The molecule has 2 aromatic heterocycles. The first-order valence-electron chi connectivity index (χ1n) is 4.63. The Morgan fingerprint density at radius 3 is 2.93 bits per heavy atom. The van der Waals surface area contributed by atoms with E-state index in [1.54, 1.807) is 0 Å². The summed E-state index contributed by atoms with van der Waals surface area (Å²) in [6.45, 7) is 2.45. The summed E-state index contributed by atoms with van der Waals surface area (Å²) in [5, 5.41) is 0. The fourth-order valence-corrected chi connectivity index (χ4v) is 2.43. The number of thiophene rings is 1. The van der Waals surface area contributed by atoms with Crippen molar-refractivity contribution in [2.45, 2.75) is 13.3 Å². The highest BCUT2D eigenvalue weighted by molar-refractivity contribution is 7.19. The number of oxazole rings is 1. The van der Waals surface area contributed by atoms with Gasteiger partial charge in [-0.05, 0) is 19.1 Å². The molecule has 0 spiro atoms. The van der Waals surface area contributed by atoms with Crippen LogP contribution >= 0.6 is 22.9 Å². The van der Waals surface area contributed by atoms with E-state index in [4.69, 9.17) is 21.8 Å². The molecule has 0 unspecified atom stereocenters. The van der Waals surface area contributed by atoms with Gasteiger partial charge in [0.25, 0.3) is 0 Å². The summed E-state index contributed by atoms with van der Waals surface area (Å²) in [7, 11) is 0. The number of rotatable bonds is 3. The summed E-state index contributed by atoms with van der Waals surface area (Å²) in [6.07, 6.45) is 0.667. The van der Waals surface area contributed by atoms with Crippen LogP contribution in [0.4, 0.5) is 0 Å². The van der Waals surface area contributed by atoms with Crippen molar-refractivity contribution in [2.75, 3.05) is 6.54 Å². The predicted octanol–water partition coefficient (Wildman–Crippen LogP) is 2.87. The maximum absolute atomic E-state index is 5.87. The van der Waals surface area contributed by atoms with Crippen LogP contribution in [0.25, 0.3) is 10.6 Å². The monoisotopic (exact) mass is 242 g/mol. The molecule has 2 N–H and O–H groups in total. The summed E-state index contributed by atoms with van der Waals surface area (Å²) < 4.78 is 6.25. The second-order valence-corrected chi connectivity index (χ2v) is 4.87. The minimum absolute atomic E-state index is 0.546. The molecule has 80 valence electrons. The van der Waals surface area contributed by atoms with Gasteiger partial charge in [-0.15, -0.1) is 11.3 Å². The normalized spacial score (nSPS) is 10.9. The van der Waals surface area contributed by atoms with Crippen LogP contribution in [0.15, 0.2) is 16.5 Å². The van der Waals surface area contributed by atoms with Crippen LogP contribution in [-0.4, -0.2) is 11.5 Å². The van der Waals surface area contributed by atoms with Crippen molar-refractivity contribution in [3.8, 4) is 10.6 Å². The molecule has 0 bridgehead atoms. The Hall–Kier alpha value is -0.840. The molecule has 2 heterocycles. The van der Waals surface area contributed by atoms with Crippen molar-refractivity contribution in [3.05, 3.63) is 28.1 Å². The molecule has 0 aliphatic rings. The van der Waals surface area contributed by atoms with Gasteiger partial charge in [0, 0.05) is 13.0 Å². The minimum atomic E-state index is 0.546. The smallest absolute Gasteiger partial charge is 0.196 e. The van der Waals surface area contributed by atoms with Crippen molar-refractivity contribution in [2.24, 2.45) is 5.73 Å². The first-order valence-corrected chi connectivity index (χ1v) is 5.82. The van der Waals surface area contributed by atoms with Gasteiger partial charge in [0.2, 0.25) is 0 Å². The summed E-state index contributed by atoms with van der Waals surface area (Å²) in [5.74, 6) is 1.51. The van der Waals surface area contributed by atoms with E-state index in [1.807, 2.05) is 19.1 Å². The molecule has 5 heteroatoms. The molecule has 2 rings (SSSR count). The van der Waals surface area contributed by atoms with Crippen LogP contribution in [0.5, 0.6) is 0 Å². The second kappa shape index (κ2) is 4.35. The first-order chi connectivity index (χ1) is 7.20. The van der Waals surface area contributed by atoms with Gasteiger partial charge in [0.15, 0.2) is 5.89 Å². The molecule has 3 nitrogen and oxygen atoms in total. The number of nitrogens with two attached hydrogens (primary N) is 1. The van der Waals surface area contributed by atoms with Crippen LogP contribution in [0.1, 0.15) is 11.7 Å². The third-order valence-electron chi connectivity index (χ3n) is 2.01. The SMILES string of the molecule is Cc1oc(CCN)nc1-c1ccc(Cl)s1. The van der Waals surface area contributed by atoms with Gasteiger partial charge in [-0.25, -0.2) is 4.98 Å². The van der Waals surface area contributed by atoms with Crippen LogP contribution in [0.2, 0.25) is 4.34 Å². The maximum Gasteiger partial charge on any atom is 0.196 e. The van der Waals surface area contributed by atoms with Gasteiger partial charge >= 0.3 is 0 Å². The number of halogens is 1. The van der Waals surface area contributed by atoms with Crippen LogP contribution in [0, 0.1) is 6.92 Å². The molecule has 0 aromatic carbocycles. The van der Waals surface area contributed by atoms with E-state index in [-0.39, 0.29) is 0 Å². The lowest BCUT2D eigenvalue weighted by Gasteiger charge is -1.88. The lowest BCUT2D eigenvalue weighted by molar-refractivity contribution is 0.473. The average molecular weight is 243 g/mol. The Labute approximate surface area is 96.9 Å². The third-order valence-corrected chi connectivity index (χ3v) is 3.24. The minimum Gasteiger partial charge on any atom is -0.445 e. The largest absolute Gasteiger partial charge is 0.445 e. The van der Waals surface area contributed by atoms with Crippen molar-refractivity contribution < 1.29 is 4.42 Å². The molecule has 0 aliphatic carbocycles. The Balaban J connectivity index is 2.35. The molecule has 0 atom stereocenters. The van der Waals surface area contributed by atoms with E-state index in [1.165, 1.54) is 11.3 Å². The van der Waals surface area contributed by atoms with E-state index in [0.717, 1.165) is 20.7 Å².